The molecule has 4 heteroatoms. The average Bonchev–Trinajstić information content (AvgIpc) is 2.62. The van der Waals surface area contributed by atoms with E-state index in [1.807, 2.05) is 66.7 Å². The molecule has 0 fully saturated rings. The SMILES string of the molecule is F[Si](CCc1ccncc1Cl)(c1ccccc1)c1ccccc1. The van der Waals surface area contributed by atoms with Crippen LogP contribution in [0.3, 0.4) is 0 Å². The van der Waals surface area contributed by atoms with Crippen LogP contribution in [0.2, 0.25) is 11.1 Å². The first kappa shape index (κ1) is 15.9. The lowest BCUT2D eigenvalue weighted by Crippen LogP contribution is -2.54. The van der Waals surface area contributed by atoms with Crippen molar-refractivity contribution in [2.24, 2.45) is 0 Å². The maximum atomic E-state index is 16.2. The smallest absolute Gasteiger partial charge is 0.302 e. The van der Waals surface area contributed by atoms with Gasteiger partial charge in [0.2, 0.25) is 0 Å². The van der Waals surface area contributed by atoms with E-state index in [1.165, 1.54) is 0 Å². The number of aromatic nitrogens is 1. The summed E-state index contributed by atoms with van der Waals surface area (Å²) in [6.07, 6.45) is 3.92. The molecule has 1 nitrogen and oxygen atoms in total. The molecule has 0 N–H and O–H groups in total. The van der Waals surface area contributed by atoms with Crippen molar-refractivity contribution in [2.45, 2.75) is 12.5 Å². The number of nitrogens with zero attached hydrogens (tertiary/aromatic N) is 1. The Kier molecular flexibility index (Phi) is 4.89. The first-order valence-electron chi connectivity index (χ1n) is 7.58. The summed E-state index contributed by atoms with van der Waals surface area (Å²) in [6.45, 7) is 0. The van der Waals surface area contributed by atoms with Crippen molar-refractivity contribution >= 4 is 30.4 Å². The van der Waals surface area contributed by atoms with Gasteiger partial charge in [0.1, 0.15) is 0 Å². The van der Waals surface area contributed by atoms with Crippen molar-refractivity contribution in [3.05, 3.63) is 89.7 Å². The monoisotopic (exact) mass is 341 g/mol. The number of hydrogen-bond acceptors (Lipinski definition) is 1. The molecule has 0 spiro atoms. The molecule has 3 aromatic rings. The predicted molar refractivity (Wildman–Crippen MR) is 96.8 cm³/mol. The summed E-state index contributed by atoms with van der Waals surface area (Å²) in [6, 6.07) is 21.4. The first-order valence-corrected chi connectivity index (χ1v) is 10.0. The minimum absolute atomic E-state index is 0.463. The second-order valence-corrected chi connectivity index (χ2v) is 9.16. The Balaban J connectivity index is 1.95. The van der Waals surface area contributed by atoms with E-state index >= 15 is 4.11 Å². The summed E-state index contributed by atoms with van der Waals surface area (Å²) in [5, 5.41) is 2.21. The van der Waals surface area contributed by atoms with E-state index in [0.717, 1.165) is 15.9 Å². The van der Waals surface area contributed by atoms with Crippen LogP contribution in [0.4, 0.5) is 4.11 Å². The highest BCUT2D eigenvalue weighted by atomic mass is 35.5. The molecule has 0 aliphatic carbocycles. The number of rotatable bonds is 5. The van der Waals surface area contributed by atoms with Crippen molar-refractivity contribution in [3.8, 4) is 0 Å². The van der Waals surface area contributed by atoms with Crippen molar-refractivity contribution in [2.75, 3.05) is 0 Å². The maximum absolute atomic E-state index is 16.2. The van der Waals surface area contributed by atoms with Crippen molar-refractivity contribution < 1.29 is 4.11 Å². The van der Waals surface area contributed by atoms with Crippen LogP contribution in [0.5, 0.6) is 0 Å². The Morgan fingerprint density at radius 2 is 1.43 bits per heavy atom. The Hall–Kier alpha value is -1.97. The Bertz CT molecular complexity index is 725. The number of benzene rings is 2. The molecule has 0 saturated carbocycles. The van der Waals surface area contributed by atoms with E-state index < -0.39 is 8.41 Å². The molecular weight excluding hydrogens is 325 g/mol. The largest absolute Gasteiger partial charge is 0.308 e. The van der Waals surface area contributed by atoms with Crippen LogP contribution in [-0.4, -0.2) is 13.4 Å². The molecule has 0 radical (unpaired) electrons. The average molecular weight is 342 g/mol. The fourth-order valence-corrected chi connectivity index (χ4v) is 5.95. The summed E-state index contributed by atoms with van der Waals surface area (Å²) < 4.78 is 16.2. The summed E-state index contributed by atoms with van der Waals surface area (Å²) >= 11 is 6.18. The molecule has 3 rings (SSSR count). The Labute approximate surface area is 142 Å². The molecule has 116 valence electrons. The van der Waals surface area contributed by atoms with E-state index in [4.69, 9.17) is 11.6 Å². The van der Waals surface area contributed by atoms with Crippen LogP contribution >= 0.6 is 11.6 Å². The van der Waals surface area contributed by atoms with Gasteiger partial charge in [0.15, 0.2) is 0 Å². The van der Waals surface area contributed by atoms with Crippen LogP contribution in [0.15, 0.2) is 79.1 Å². The van der Waals surface area contributed by atoms with Crippen molar-refractivity contribution in [1.82, 2.24) is 4.98 Å². The van der Waals surface area contributed by atoms with Crippen LogP contribution in [0.25, 0.3) is 0 Å². The topological polar surface area (TPSA) is 12.9 Å². The van der Waals surface area contributed by atoms with E-state index in [0.29, 0.717) is 17.5 Å². The third-order valence-corrected chi connectivity index (χ3v) is 7.83. The maximum Gasteiger partial charge on any atom is 0.308 e. The zero-order chi connectivity index (χ0) is 16.1. The molecule has 1 heterocycles. The highest BCUT2D eigenvalue weighted by Crippen LogP contribution is 2.21. The summed E-state index contributed by atoms with van der Waals surface area (Å²) in [5.74, 6) is 0. The van der Waals surface area contributed by atoms with Gasteiger partial charge in [-0.25, -0.2) is 0 Å². The van der Waals surface area contributed by atoms with Gasteiger partial charge in [0.25, 0.3) is 0 Å². The van der Waals surface area contributed by atoms with Gasteiger partial charge in [-0.1, -0.05) is 72.3 Å². The number of pyridine rings is 1. The summed E-state index contributed by atoms with van der Waals surface area (Å²) in [4.78, 5) is 3.99. The third-order valence-electron chi connectivity index (χ3n) is 4.06. The van der Waals surface area contributed by atoms with Crippen molar-refractivity contribution in [1.29, 1.82) is 0 Å². The third kappa shape index (κ3) is 3.52. The normalized spacial score (nSPS) is 11.4. The van der Waals surface area contributed by atoms with Gasteiger partial charge in [0, 0.05) is 12.4 Å². The molecule has 1 aromatic heterocycles. The molecule has 0 aliphatic heterocycles. The second kappa shape index (κ2) is 7.07. The fourth-order valence-electron chi connectivity index (χ4n) is 2.77. The van der Waals surface area contributed by atoms with Gasteiger partial charge in [-0.3, -0.25) is 4.98 Å². The molecule has 0 aliphatic rings. The van der Waals surface area contributed by atoms with Crippen LogP contribution in [-0.2, 0) is 6.42 Å². The molecule has 0 amide bonds. The molecule has 23 heavy (non-hydrogen) atoms. The quantitative estimate of drug-likeness (QED) is 0.505. The predicted octanol–water partition coefficient (Wildman–Crippen LogP) is 4.01. The summed E-state index contributed by atoms with van der Waals surface area (Å²) in [7, 11) is -3.29. The van der Waals surface area contributed by atoms with Gasteiger partial charge >= 0.3 is 8.41 Å². The van der Waals surface area contributed by atoms with Gasteiger partial charge in [0.05, 0.1) is 5.02 Å². The van der Waals surface area contributed by atoms with Crippen LogP contribution in [0.1, 0.15) is 5.56 Å². The van der Waals surface area contributed by atoms with E-state index in [9.17, 15) is 0 Å². The Morgan fingerprint density at radius 3 is 1.96 bits per heavy atom. The first-order chi connectivity index (χ1) is 11.2. The molecular formula is C19H17ClFNSi. The lowest BCUT2D eigenvalue weighted by molar-refractivity contribution is 0.801. The van der Waals surface area contributed by atoms with E-state index in [-0.39, 0.29) is 0 Å². The molecule has 0 bridgehead atoms. The minimum atomic E-state index is -3.29. The number of aryl methyl sites for hydroxylation is 1. The molecule has 0 saturated heterocycles. The van der Waals surface area contributed by atoms with Crippen LogP contribution < -0.4 is 10.4 Å². The zero-order valence-corrected chi connectivity index (χ0v) is 14.4. The van der Waals surface area contributed by atoms with Crippen LogP contribution in [0, 0.1) is 0 Å². The van der Waals surface area contributed by atoms with Gasteiger partial charge < -0.3 is 4.11 Å². The Morgan fingerprint density at radius 1 is 0.870 bits per heavy atom. The minimum Gasteiger partial charge on any atom is -0.302 e. The lowest BCUT2D eigenvalue weighted by Gasteiger charge is -2.23. The fraction of sp³-hybridized carbons (Fsp3) is 0.105. The molecule has 0 unspecified atom stereocenters. The van der Waals surface area contributed by atoms with Gasteiger partial charge in [-0.15, -0.1) is 0 Å². The number of hydrogen-bond donors (Lipinski definition) is 0. The molecule has 0 atom stereocenters. The van der Waals surface area contributed by atoms with E-state index in [1.54, 1.807) is 12.4 Å². The van der Waals surface area contributed by atoms with Crippen molar-refractivity contribution in [3.63, 3.8) is 0 Å². The zero-order valence-electron chi connectivity index (χ0n) is 12.6. The second-order valence-electron chi connectivity index (χ2n) is 5.50. The van der Waals surface area contributed by atoms with Gasteiger partial charge in [-0.05, 0) is 34.5 Å². The van der Waals surface area contributed by atoms with Gasteiger partial charge in [-0.2, -0.15) is 0 Å². The highest BCUT2D eigenvalue weighted by molar-refractivity contribution is 6.97. The molecule has 2 aromatic carbocycles. The van der Waals surface area contributed by atoms with E-state index in [2.05, 4.69) is 4.98 Å². The lowest BCUT2D eigenvalue weighted by atomic mass is 10.2. The highest BCUT2D eigenvalue weighted by Gasteiger charge is 2.38. The standard InChI is InChI=1S/C19H17ClFNSi/c20-19-15-22-13-11-16(19)12-14-23(21,17-7-3-1-4-8-17)18-9-5-2-6-10-18/h1-11,13,15H,12,14H2. The summed E-state index contributed by atoms with van der Waals surface area (Å²) in [5.41, 5.74) is 0.947. The number of halogens is 2.